The van der Waals surface area contributed by atoms with Gasteiger partial charge in [0, 0.05) is 16.8 Å². The monoisotopic (exact) mass is 515 g/mol. The lowest BCUT2D eigenvalue weighted by atomic mass is 9.72. The summed E-state index contributed by atoms with van der Waals surface area (Å²) in [5.74, 6) is 1.33. The highest BCUT2D eigenvalue weighted by Crippen LogP contribution is 2.45. The number of nitrogens with one attached hydrogen (secondary N) is 1. The molecule has 0 bridgehead atoms. The van der Waals surface area contributed by atoms with Crippen molar-refractivity contribution in [1.82, 2.24) is 0 Å². The van der Waals surface area contributed by atoms with E-state index in [4.69, 9.17) is 9.47 Å². The van der Waals surface area contributed by atoms with Gasteiger partial charge in [0.2, 0.25) is 0 Å². The number of aryl methyl sites for hydroxylation is 1. The zero-order chi connectivity index (χ0) is 26.6. The number of nitriles is 1. The van der Waals surface area contributed by atoms with E-state index in [-0.39, 0.29) is 17.9 Å². The number of anilines is 1. The number of carbonyl (C=O) groups excluding carboxylic acids is 1. The molecule has 1 aliphatic carbocycles. The first-order chi connectivity index (χ1) is 17.7. The molecule has 3 aromatic rings. The quantitative estimate of drug-likeness (QED) is 0.349. The Morgan fingerprint density at radius 1 is 1.24 bits per heavy atom. The van der Waals surface area contributed by atoms with Crippen LogP contribution in [0.5, 0.6) is 11.5 Å². The molecule has 7 heteroatoms. The van der Waals surface area contributed by atoms with Gasteiger partial charge in [-0.2, -0.15) is 5.26 Å². The molecular weight excluding hydrogens is 482 g/mol. The first-order valence-corrected chi connectivity index (χ1v) is 13.3. The number of nitrogens with zero attached hydrogens (tertiary/aromatic N) is 2. The fourth-order valence-electron chi connectivity index (χ4n) is 4.60. The highest BCUT2D eigenvalue weighted by molar-refractivity contribution is 7.16. The van der Waals surface area contributed by atoms with Crippen LogP contribution in [0.2, 0.25) is 0 Å². The van der Waals surface area contributed by atoms with Crippen LogP contribution in [0.3, 0.4) is 0 Å². The van der Waals surface area contributed by atoms with Gasteiger partial charge in [-0.3, -0.25) is 4.79 Å². The Hall–Kier alpha value is -3.63. The number of rotatable bonds is 7. The second-order valence-electron chi connectivity index (χ2n) is 10.5. The van der Waals surface area contributed by atoms with E-state index in [1.54, 1.807) is 30.7 Å². The number of hydrogen-bond donors (Lipinski definition) is 1. The predicted octanol–water partition coefficient (Wildman–Crippen LogP) is 6.86. The summed E-state index contributed by atoms with van der Waals surface area (Å²) in [4.78, 5) is 18.3. The minimum absolute atomic E-state index is 0.139. The summed E-state index contributed by atoms with van der Waals surface area (Å²) in [7, 11) is 1.56. The van der Waals surface area contributed by atoms with Gasteiger partial charge in [0.25, 0.3) is 5.91 Å². The van der Waals surface area contributed by atoms with E-state index in [0.29, 0.717) is 23.0 Å². The Morgan fingerprint density at radius 3 is 2.76 bits per heavy atom. The largest absolute Gasteiger partial charge is 0.493 e. The third kappa shape index (κ3) is 6.39. The summed E-state index contributed by atoms with van der Waals surface area (Å²) in [5.41, 5.74) is 4.74. The molecule has 6 nitrogen and oxygen atoms in total. The molecule has 1 atom stereocenters. The number of hydrogen-bond acceptors (Lipinski definition) is 6. The SMILES string of the molecule is COc1cc(C=Nc2sc3c(c2C#N)CC[C@@H](C(C)(C)C)C3)ccc1OCC(=O)Nc1cccc(C)c1. The molecule has 2 aromatic carbocycles. The standard InChI is InChI=1S/C30H33N3O3S/c1-19-7-6-8-22(13-19)33-28(34)18-36-25-12-9-20(14-26(25)35-5)17-32-29-24(16-31)23-11-10-21(30(2,3)4)15-27(23)37-29/h6-9,12-14,17,21H,10-11,15,18H2,1-5H3,(H,33,34)/t21-/m1/s1. The van der Waals surface area contributed by atoms with E-state index >= 15 is 0 Å². The Bertz CT molecular complexity index is 1360. The normalized spacial score (nSPS) is 15.2. The van der Waals surface area contributed by atoms with Gasteiger partial charge >= 0.3 is 0 Å². The molecule has 192 valence electrons. The molecule has 0 radical (unpaired) electrons. The molecule has 37 heavy (non-hydrogen) atoms. The van der Waals surface area contributed by atoms with Crippen LogP contribution in [-0.4, -0.2) is 25.8 Å². The van der Waals surface area contributed by atoms with E-state index in [9.17, 15) is 10.1 Å². The van der Waals surface area contributed by atoms with Crippen LogP contribution >= 0.6 is 11.3 Å². The molecular formula is C30H33N3O3S. The minimum Gasteiger partial charge on any atom is -0.493 e. The number of ether oxygens (including phenoxy) is 2. The fourth-order valence-corrected chi connectivity index (χ4v) is 5.82. The smallest absolute Gasteiger partial charge is 0.262 e. The van der Waals surface area contributed by atoms with Crippen molar-refractivity contribution in [3.63, 3.8) is 0 Å². The molecule has 0 aliphatic heterocycles. The van der Waals surface area contributed by atoms with Gasteiger partial charge in [0.1, 0.15) is 11.1 Å². The molecule has 1 aliphatic rings. The van der Waals surface area contributed by atoms with Crippen LogP contribution in [-0.2, 0) is 17.6 Å². The van der Waals surface area contributed by atoms with E-state index in [2.05, 4.69) is 37.1 Å². The van der Waals surface area contributed by atoms with Crippen LogP contribution in [0.1, 0.15) is 54.3 Å². The maximum absolute atomic E-state index is 12.3. The van der Waals surface area contributed by atoms with E-state index in [1.807, 2.05) is 43.3 Å². The number of methoxy groups -OCH3 is 1. The Labute approximate surface area is 223 Å². The van der Waals surface area contributed by atoms with Crippen molar-refractivity contribution in [2.75, 3.05) is 19.0 Å². The molecule has 0 saturated heterocycles. The van der Waals surface area contributed by atoms with Crippen LogP contribution in [0.4, 0.5) is 10.7 Å². The summed E-state index contributed by atoms with van der Waals surface area (Å²) in [6, 6.07) is 15.4. The average Bonchev–Trinajstić information content (AvgIpc) is 3.22. The number of amides is 1. The van der Waals surface area contributed by atoms with E-state index in [1.165, 1.54) is 10.4 Å². The van der Waals surface area contributed by atoms with Gasteiger partial charge in [-0.1, -0.05) is 32.9 Å². The van der Waals surface area contributed by atoms with Crippen LogP contribution in [0.15, 0.2) is 47.5 Å². The van der Waals surface area contributed by atoms with Crippen LogP contribution in [0, 0.1) is 29.6 Å². The number of fused-ring (bicyclic) bond motifs is 1. The van der Waals surface area contributed by atoms with Gasteiger partial charge < -0.3 is 14.8 Å². The van der Waals surface area contributed by atoms with Gasteiger partial charge in [-0.15, -0.1) is 11.3 Å². The molecule has 1 N–H and O–H groups in total. The van der Waals surface area contributed by atoms with Crippen molar-refractivity contribution in [3.8, 4) is 17.6 Å². The zero-order valence-corrected chi connectivity index (χ0v) is 22.9. The van der Waals surface area contributed by atoms with Crippen LogP contribution in [0.25, 0.3) is 0 Å². The van der Waals surface area contributed by atoms with Crippen molar-refractivity contribution in [3.05, 3.63) is 69.6 Å². The molecule has 0 fully saturated rings. The lowest BCUT2D eigenvalue weighted by Gasteiger charge is -2.33. The first-order valence-electron chi connectivity index (χ1n) is 12.4. The van der Waals surface area contributed by atoms with Crippen molar-refractivity contribution in [2.45, 2.75) is 47.0 Å². The molecule has 4 rings (SSSR count). The van der Waals surface area contributed by atoms with Crippen molar-refractivity contribution < 1.29 is 14.3 Å². The highest BCUT2D eigenvalue weighted by Gasteiger charge is 2.32. The summed E-state index contributed by atoms with van der Waals surface area (Å²) >= 11 is 1.63. The Kier molecular flexibility index (Phi) is 7.99. The average molecular weight is 516 g/mol. The first kappa shape index (κ1) is 26.4. The third-order valence-electron chi connectivity index (χ3n) is 6.76. The van der Waals surface area contributed by atoms with Gasteiger partial charge in [-0.25, -0.2) is 4.99 Å². The Balaban J connectivity index is 1.45. The van der Waals surface area contributed by atoms with E-state index < -0.39 is 0 Å². The van der Waals surface area contributed by atoms with Crippen molar-refractivity contribution in [2.24, 2.45) is 16.3 Å². The number of thiophene rings is 1. The number of benzene rings is 2. The summed E-state index contributed by atoms with van der Waals surface area (Å²) < 4.78 is 11.2. The second kappa shape index (κ2) is 11.2. The zero-order valence-electron chi connectivity index (χ0n) is 22.1. The lowest BCUT2D eigenvalue weighted by Crippen LogP contribution is -2.26. The van der Waals surface area contributed by atoms with Crippen molar-refractivity contribution in [1.29, 1.82) is 5.26 Å². The van der Waals surface area contributed by atoms with Gasteiger partial charge in [0.05, 0.1) is 12.7 Å². The lowest BCUT2D eigenvalue weighted by molar-refractivity contribution is -0.118. The maximum Gasteiger partial charge on any atom is 0.262 e. The molecule has 1 amide bonds. The molecule has 1 aromatic heterocycles. The topological polar surface area (TPSA) is 83.7 Å². The van der Waals surface area contributed by atoms with E-state index in [0.717, 1.165) is 41.1 Å². The minimum atomic E-state index is -0.252. The van der Waals surface area contributed by atoms with Crippen molar-refractivity contribution >= 4 is 34.1 Å². The molecule has 0 spiro atoms. The Morgan fingerprint density at radius 2 is 2.05 bits per heavy atom. The highest BCUT2D eigenvalue weighted by atomic mass is 32.1. The summed E-state index contributed by atoms with van der Waals surface area (Å²) in [5, 5.41) is 13.4. The van der Waals surface area contributed by atoms with Crippen LogP contribution < -0.4 is 14.8 Å². The van der Waals surface area contributed by atoms with Gasteiger partial charge in [-0.05, 0) is 84.5 Å². The predicted molar refractivity (Wildman–Crippen MR) is 150 cm³/mol. The second-order valence-corrected chi connectivity index (χ2v) is 11.6. The maximum atomic E-state index is 12.3. The summed E-state index contributed by atoms with van der Waals surface area (Å²) in [6.07, 6.45) is 4.79. The fraction of sp³-hybridized carbons (Fsp3) is 0.367. The summed E-state index contributed by atoms with van der Waals surface area (Å²) in [6.45, 7) is 8.70. The number of carbonyl (C=O) groups is 1. The van der Waals surface area contributed by atoms with Gasteiger partial charge in [0.15, 0.2) is 18.1 Å². The molecule has 0 unspecified atom stereocenters. The third-order valence-corrected chi connectivity index (χ3v) is 7.92. The molecule has 1 heterocycles. The number of aliphatic imine (C=N–C) groups is 1. The molecule has 0 saturated carbocycles.